The first kappa shape index (κ1) is 12.2. The Hall–Kier alpha value is -1.87. The van der Waals surface area contributed by atoms with Gasteiger partial charge in [-0.3, -0.25) is 0 Å². The van der Waals surface area contributed by atoms with E-state index in [9.17, 15) is 0 Å². The van der Waals surface area contributed by atoms with Crippen molar-refractivity contribution in [3.63, 3.8) is 0 Å². The summed E-state index contributed by atoms with van der Waals surface area (Å²) in [5, 5.41) is 1.19. The van der Waals surface area contributed by atoms with Gasteiger partial charge in [0.05, 0.1) is 22.3 Å². The molecule has 0 amide bonds. The number of thiazole rings is 1. The highest BCUT2D eigenvalue weighted by Gasteiger charge is 2.05. The zero-order chi connectivity index (χ0) is 13.1. The van der Waals surface area contributed by atoms with Gasteiger partial charge in [-0.25, -0.2) is 4.98 Å². The van der Waals surface area contributed by atoms with Gasteiger partial charge in [-0.2, -0.15) is 0 Å². The number of aryl methyl sites for hydroxylation is 2. The largest absolute Gasteiger partial charge is 0.497 e. The van der Waals surface area contributed by atoms with Gasteiger partial charge in [0.1, 0.15) is 5.75 Å². The number of benzene rings is 2. The summed E-state index contributed by atoms with van der Waals surface area (Å²) in [6, 6.07) is 16.6. The molecule has 0 unspecified atom stereocenters. The van der Waals surface area contributed by atoms with Crippen molar-refractivity contribution >= 4 is 21.6 Å². The van der Waals surface area contributed by atoms with E-state index in [1.807, 2.05) is 18.2 Å². The third-order valence-corrected chi connectivity index (χ3v) is 4.19. The molecule has 0 fully saturated rings. The monoisotopic (exact) mass is 269 g/mol. The van der Waals surface area contributed by atoms with Crippen molar-refractivity contribution in [1.82, 2.24) is 4.98 Å². The van der Waals surface area contributed by atoms with Crippen LogP contribution in [0.25, 0.3) is 10.2 Å². The predicted octanol–water partition coefficient (Wildman–Crippen LogP) is 4.09. The molecule has 0 aliphatic rings. The highest BCUT2D eigenvalue weighted by Crippen LogP contribution is 2.26. The van der Waals surface area contributed by atoms with Gasteiger partial charge in [0.15, 0.2) is 0 Å². The molecule has 0 atom stereocenters. The maximum Gasteiger partial charge on any atom is 0.120 e. The van der Waals surface area contributed by atoms with Gasteiger partial charge in [-0.15, -0.1) is 11.3 Å². The maximum atomic E-state index is 5.24. The summed E-state index contributed by atoms with van der Waals surface area (Å²) >= 11 is 1.75. The van der Waals surface area contributed by atoms with Crippen molar-refractivity contribution in [1.29, 1.82) is 0 Å². The van der Waals surface area contributed by atoms with Gasteiger partial charge in [-0.05, 0) is 30.2 Å². The van der Waals surface area contributed by atoms with E-state index < -0.39 is 0 Å². The lowest BCUT2D eigenvalue weighted by atomic mass is 10.1. The minimum absolute atomic E-state index is 0.894. The number of nitrogens with zero attached hydrogens (tertiary/aromatic N) is 1. The maximum absolute atomic E-state index is 5.24. The summed E-state index contributed by atoms with van der Waals surface area (Å²) in [6.45, 7) is 0. The normalized spacial score (nSPS) is 10.8. The van der Waals surface area contributed by atoms with E-state index in [2.05, 4.69) is 35.3 Å². The summed E-state index contributed by atoms with van der Waals surface area (Å²) in [5.74, 6) is 0.894. The molecule has 0 aliphatic carbocycles. The molecule has 0 saturated carbocycles. The van der Waals surface area contributed by atoms with E-state index in [0.29, 0.717) is 0 Å². The van der Waals surface area contributed by atoms with Crippen LogP contribution in [0.1, 0.15) is 10.6 Å². The van der Waals surface area contributed by atoms with Crippen LogP contribution in [0.5, 0.6) is 5.75 Å². The van der Waals surface area contributed by atoms with Crippen LogP contribution in [0.4, 0.5) is 0 Å². The Morgan fingerprint density at radius 3 is 2.68 bits per heavy atom. The second-order valence-electron chi connectivity index (χ2n) is 4.43. The molecule has 2 aromatic carbocycles. The van der Waals surface area contributed by atoms with Gasteiger partial charge in [-0.1, -0.05) is 30.3 Å². The first-order valence-corrected chi connectivity index (χ1v) is 7.14. The van der Waals surface area contributed by atoms with Crippen LogP contribution in [-0.2, 0) is 12.8 Å². The number of fused-ring (bicyclic) bond motifs is 1. The van der Waals surface area contributed by atoms with Crippen LogP contribution in [0.15, 0.2) is 48.5 Å². The van der Waals surface area contributed by atoms with Crippen LogP contribution in [0.2, 0.25) is 0 Å². The lowest BCUT2D eigenvalue weighted by Crippen LogP contribution is -1.89. The predicted molar refractivity (Wildman–Crippen MR) is 80.0 cm³/mol. The van der Waals surface area contributed by atoms with Crippen LogP contribution in [0.3, 0.4) is 0 Å². The second-order valence-corrected chi connectivity index (χ2v) is 5.54. The van der Waals surface area contributed by atoms with E-state index in [4.69, 9.17) is 4.74 Å². The van der Waals surface area contributed by atoms with Gasteiger partial charge < -0.3 is 4.74 Å². The zero-order valence-corrected chi connectivity index (χ0v) is 11.6. The molecule has 19 heavy (non-hydrogen) atoms. The SMILES string of the molecule is COc1ccc2nc(CCc3ccccc3)sc2c1. The summed E-state index contributed by atoms with van der Waals surface area (Å²) in [4.78, 5) is 4.67. The molecule has 0 aliphatic heterocycles. The molecule has 1 heterocycles. The molecule has 3 heteroatoms. The molecule has 0 radical (unpaired) electrons. The van der Waals surface area contributed by atoms with Crippen molar-refractivity contribution in [3.8, 4) is 5.75 Å². The molecule has 3 aromatic rings. The van der Waals surface area contributed by atoms with Gasteiger partial charge in [0, 0.05) is 6.42 Å². The first-order valence-electron chi connectivity index (χ1n) is 6.32. The molecule has 2 nitrogen and oxygen atoms in total. The van der Waals surface area contributed by atoms with Crippen molar-refractivity contribution in [2.24, 2.45) is 0 Å². The number of ether oxygens (including phenoxy) is 1. The summed E-state index contributed by atoms with van der Waals surface area (Å²) < 4.78 is 6.44. The average Bonchev–Trinajstić information content (AvgIpc) is 2.88. The summed E-state index contributed by atoms with van der Waals surface area (Å²) in [7, 11) is 1.69. The molecule has 0 N–H and O–H groups in total. The fourth-order valence-electron chi connectivity index (χ4n) is 2.08. The quantitative estimate of drug-likeness (QED) is 0.711. The van der Waals surface area contributed by atoms with Crippen LogP contribution in [0, 0.1) is 0 Å². The molecule has 1 aromatic heterocycles. The van der Waals surface area contributed by atoms with Gasteiger partial charge in [0.25, 0.3) is 0 Å². The fourth-order valence-corrected chi connectivity index (χ4v) is 3.08. The Morgan fingerprint density at radius 1 is 1.05 bits per heavy atom. The van der Waals surface area contributed by atoms with E-state index in [1.165, 1.54) is 15.3 Å². The standard InChI is InChI=1S/C16H15NOS/c1-18-13-8-9-14-15(11-13)19-16(17-14)10-7-12-5-3-2-4-6-12/h2-6,8-9,11H,7,10H2,1H3. The molecule has 96 valence electrons. The Kier molecular flexibility index (Phi) is 3.47. The lowest BCUT2D eigenvalue weighted by Gasteiger charge is -1.97. The molecule has 3 rings (SSSR count). The smallest absolute Gasteiger partial charge is 0.120 e. The highest BCUT2D eigenvalue weighted by atomic mass is 32.1. The number of aromatic nitrogens is 1. The van der Waals surface area contributed by atoms with Crippen molar-refractivity contribution in [3.05, 3.63) is 59.1 Å². The van der Waals surface area contributed by atoms with Crippen molar-refractivity contribution in [2.45, 2.75) is 12.8 Å². The van der Waals surface area contributed by atoms with Gasteiger partial charge in [0.2, 0.25) is 0 Å². The van der Waals surface area contributed by atoms with Crippen LogP contribution < -0.4 is 4.74 Å². The van der Waals surface area contributed by atoms with Crippen LogP contribution >= 0.6 is 11.3 Å². The molecule has 0 saturated heterocycles. The molecular weight excluding hydrogens is 254 g/mol. The summed E-state index contributed by atoms with van der Waals surface area (Å²) in [5.41, 5.74) is 2.42. The number of methoxy groups -OCH3 is 1. The van der Waals surface area contributed by atoms with Crippen molar-refractivity contribution in [2.75, 3.05) is 7.11 Å². The Balaban J connectivity index is 1.78. The summed E-state index contributed by atoms with van der Waals surface area (Å²) in [6.07, 6.45) is 2.03. The van der Waals surface area contributed by atoms with Crippen molar-refractivity contribution < 1.29 is 4.74 Å². The number of rotatable bonds is 4. The lowest BCUT2D eigenvalue weighted by molar-refractivity contribution is 0.415. The third-order valence-electron chi connectivity index (χ3n) is 3.11. The van der Waals surface area contributed by atoms with E-state index in [1.54, 1.807) is 18.4 Å². The number of hydrogen-bond donors (Lipinski definition) is 0. The Bertz CT molecular complexity index is 676. The average molecular weight is 269 g/mol. The van der Waals surface area contributed by atoms with Gasteiger partial charge >= 0.3 is 0 Å². The van der Waals surface area contributed by atoms with E-state index in [-0.39, 0.29) is 0 Å². The minimum Gasteiger partial charge on any atom is -0.497 e. The zero-order valence-electron chi connectivity index (χ0n) is 10.8. The Labute approximate surface area is 116 Å². The van der Waals surface area contributed by atoms with Crippen LogP contribution in [-0.4, -0.2) is 12.1 Å². The van der Waals surface area contributed by atoms with E-state index in [0.717, 1.165) is 24.1 Å². The molecule has 0 spiro atoms. The first-order chi connectivity index (χ1) is 9.35. The molecular formula is C16H15NOS. The third kappa shape index (κ3) is 2.76. The highest BCUT2D eigenvalue weighted by molar-refractivity contribution is 7.18. The fraction of sp³-hybridized carbons (Fsp3) is 0.188. The Morgan fingerprint density at radius 2 is 1.89 bits per heavy atom. The second kappa shape index (κ2) is 5.41. The minimum atomic E-state index is 0.894. The number of hydrogen-bond acceptors (Lipinski definition) is 3. The molecule has 0 bridgehead atoms. The van der Waals surface area contributed by atoms with E-state index >= 15 is 0 Å². The topological polar surface area (TPSA) is 22.1 Å².